The second-order valence-corrected chi connectivity index (χ2v) is 4.13. The summed E-state index contributed by atoms with van der Waals surface area (Å²) in [5.74, 6) is 0.702. The van der Waals surface area contributed by atoms with Crippen LogP contribution in [0.4, 0.5) is 0 Å². The Morgan fingerprint density at radius 2 is 2.25 bits per heavy atom. The summed E-state index contributed by atoms with van der Waals surface area (Å²) < 4.78 is 11.9. The van der Waals surface area contributed by atoms with Gasteiger partial charge in [-0.2, -0.15) is 0 Å². The van der Waals surface area contributed by atoms with E-state index in [4.69, 9.17) is 9.47 Å². The summed E-state index contributed by atoms with van der Waals surface area (Å²) in [6.45, 7) is 2.76. The molecule has 0 aliphatic heterocycles. The van der Waals surface area contributed by atoms with Gasteiger partial charge in [-0.25, -0.2) is 9.48 Å². The zero-order chi connectivity index (χ0) is 14.4. The van der Waals surface area contributed by atoms with Gasteiger partial charge < -0.3 is 9.47 Å². The number of carbonyl (C=O) groups excluding carboxylic acids is 1. The van der Waals surface area contributed by atoms with Gasteiger partial charge in [-0.3, -0.25) is 0 Å². The number of rotatable bonds is 6. The number of carbonyl (C=O) groups is 1. The molecule has 0 aliphatic carbocycles. The Kier molecular flexibility index (Phi) is 4.65. The molecule has 1 heterocycles. The maximum absolute atomic E-state index is 11.9. The second kappa shape index (κ2) is 6.65. The average molecular weight is 276 g/mol. The lowest BCUT2D eigenvalue weighted by Crippen LogP contribution is -2.11. The van der Waals surface area contributed by atoms with Crippen molar-refractivity contribution in [1.29, 1.82) is 0 Å². The van der Waals surface area contributed by atoms with Gasteiger partial charge in [-0.05, 0) is 35.0 Å². The first-order valence-corrected chi connectivity index (χ1v) is 6.30. The summed E-state index contributed by atoms with van der Waals surface area (Å²) in [6, 6.07) is 6.78. The van der Waals surface area contributed by atoms with Gasteiger partial charge >= 0.3 is 5.97 Å². The third kappa shape index (κ3) is 3.31. The molecule has 2 aromatic rings. The predicted octanol–water partition coefficient (Wildman–Crippen LogP) is 1.45. The highest BCUT2D eigenvalue weighted by atomic mass is 16.5. The van der Waals surface area contributed by atoms with Crippen LogP contribution in [-0.4, -0.2) is 33.3 Å². The summed E-state index contributed by atoms with van der Waals surface area (Å²) in [5, 5.41) is 11.2. The van der Waals surface area contributed by atoms with Crippen LogP contribution in [0.3, 0.4) is 0 Å². The van der Waals surface area contributed by atoms with E-state index in [-0.39, 0.29) is 6.61 Å². The van der Waals surface area contributed by atoms with E-state index in [1.807, 2.05) is 6.92 Å². The van der Waals surface area contributed by atoms with E-state index in [0.717, 1.165) is 6.42 Å². The summed E-state index contributed by atoms with van der Waals surface area (Å²) in [4.78, 5) is 11.9. The highest BCUT2D eigenvalue weighted by molar-refractivity contribution is 5.89. The monoisotopic (exact) mass is 276 g/mol. The van der Waals surface area contributed by atoms with Crippen molar-refractivity contribution >= 4 is 5.97 Å². The smallest absolute Gasteiger partial charge is 0.338 e. The zero-order valence-corrected chi connectivity index (χ0v) is 11.4. The summed E-state index contributed by atoms with van der Waals surface area (Å²) in [6.07, 6.45) is 0.905. The fourth-order valence-electron chi connectivity index (χ4n) is 1.68. The van der Waals surface area contributed by atoms with Crippen molar-refractivity contribution in [3.05, 3.63) is 35.7 Å². The number of hydrogen-bond acceptors (Lipinski definition) is 6. The number of tetrazole rings is 1. The van der Waals surface area contributed by atoms with E-state index in [1.165, 1.54) is 0 Å². The highest BCUT2D eigenvalue weighted by Crippen LogP contribution is 2.13. The van der Waals surface area contributed by atoms with Gasteiger partial charge in [-0.15, -0.1) is 5.10 Å². The number of esters is 1. The molecular weight excluding hydrogens is 260 g/mol. The second-order valence-electron chi connectivity index (χ2n) is 4.13. The Hall–Kier alpha value is -2.44. The van der Waals surface area contributed by atoms with Crippen LogP contribution in [0.5, 0.6) is 5.75 Å². The molecule has 7 nitrogen and oxygen atoms in total. The topological polar surface area (TPSA) is 79.1 Å². The molecule has 1 aromatic heterocycles. The van der Waals surface area contributed by atoms with Crippen LogP contribution >= 0.6 is 0 Å². The van der Waals surface area contributed by atoms with E-state index in [1.54, 1.807) is 36.1 Å². The van der Waals surface area contributed by atoms with Gasteiger partial charge in [-0.1, -0.05) is 13.0 Å². The number of benzene rings is 1. The summed E-state index contributed by atoms with van der Waals surface area (Å²) in [7, 11) is 1.54. The van der Waals surface area contributed by atoms with Gasteiger partial charge in [0, 0.05) is 6.54 Å². The first-order valence-electron chi connectivity index (χ1n) is 6.30. The van der Waals surface area contributed by atoms with Crippen molar-refractivity contribution in [2.24, 2.45) is 0 Å². The van der Waals surface area contributed by atoms with E-state index in [2.05, 4.69) is 15.5 Å². The Balaban J connectivity index is 1.99. The molecule has 0 bridgehead atoms. The molecule has 0 unspecified atom stereocenters. The number of hydrogen-bond donors (Lipinski definition) is 0. The molecule has 0 aliphatic rings. The fourth-order valence-corrected chi connectivity index (χ4v) is 1.68. The van der Waals surface area contributed by atoms with Gasteiger partial charge in [0.1, 0.15) is 5.75 Å². The Labute approximate surface area is 116 Å². The predicted molar refractivity (Wildman–Crippen MR) is 70.2 cm³/mol. The third-order valence-electron chi connectivity index (χ3n) is 2.68. The van der Waals surface area contributed by atoms with Crippen molar-refractivity contribution in [2.75, 3.05) is 7.11 Å². The molecule has 7 heteroatoms. The van der Waals surface area contributed by atoms with Crippen molar-refractivity contribution in [1.82, 2.24) is 20.2 Å². The molecule has 1 aromatic carbocycles. The Bertz CT molecular complexity index is 583. The van der Waals surface area contributed by atoms with Gasteiger partial charge in [0.2, 0.25) is 0 Å². The first kappa shape index (κ1) is 14.0. The molecular formula is C13H16N4O3. The van der Waals surface area contributed by atoms with E-state index in [9.17, 15) is 4.79 Å². The molecule has 0 atom stereocenters. The van der Waals surface area contributed by atoms with Crippen LogP contribution in [0, 0.1) is 0 Å². The van der Waals surface area contributed by atoms with Crippen LogP contribution in [-0.2, 0) is 17.9 Å². The van der Waals surface area contributed by atoms with Crippen molar-refractivity contribution in [2.45, 2.75) is 26.5 Å². The van der Waals surface area contributed by atoms with Crippen LogP contribution in [0.1, 0.15) is 29.5 Å². The number of methoxy groups -OCH3 is 1. The van der Waals surface area contributed by atoms with E-state index in [0.29, 0.717) is 23.7 Å². The quantitative estimate of drug-likeness (QED) is 0.743. The molecule has 0 fully saturated rings. The fraction of sp³-hybridized carbons (Fsp3) is 0.385. The standard InChI is InChI=1S/C13H16N4O3/c1-3-7-17-12(14-15-16-17)9-20-13(18)10-5-4-6-11(8-10)19-2/h4-6,8H,3,7,9H2,1-2H3. The lowest BCUT2D eigenvalue weighted by molar-refractivity contribution is 0.0456. The minimum Gasteiger partial charge on any atom is -0.497 e. The van der Waals surface area contributed by atoms with Gasteiger partial charge in [0.25, 0.3) is 0 Å². The number of nitrogens with zero attached hydrogens (tertiary/aromatic N) is 4. The minimum atomic E-state index is -0.435. The maximum atomic E-state index is 11.9. The molecule has 0 spiro atoms. The van der Waals surface area contributed by atoms with Crippen LogP contribution < -0.4 is 4.74 Å². The van der Waals surface area contributed by atoms with Crippen LogP contribution in [0.25, 0.3) is 0 Å². The zero-order valence-electron chi connectivity index (χ0n) is 11.4. The van der Waals surface area contributed by atoms with E-state index >= 15 is 0 Å². The molecule has 0 radical (unpaired) electrons. The molecule has 20 heavy (non-hydrogen) atoms. The summed E-state index contributed by atoms with van der Waals surface area (Å²) >= 11 is 0. The SMILES string of the molecule is CCCn1nnnc1COC(=O)c1cccc(OC)c1. The molecule has 0 amide bonds. The number of aromatic nitrogens is 4. The molecule has 0 saturated heterocycles. The largest absolute Gasteiger partial charge is 0.497 e. The lowest BCUT2D eigenvalue weighted by Gasteiger charge is -2.06. The van der Waals surface area contributed by atoms with Crippen LogP contribution in [0.2, 0.25) is 0 Å². The Morgan fingerprint density at radius 1 is 1.40 bits per heavy atom. The lowest BCUT2D eigenvalue weighted by atomic mass is 10.2. The third-order valence-corrected chi connectivity index (χ3v) is 2.68. The number of ether oxygens (including phenoxy) is 2. The van der Waals surface area contributed by atoms with Gasteiger partial charge in [0.15, 0.2) is 12.4 Å². The highest BCUT2D eigenvalue weighted by Gasteiger charge is 2.11. The van der Waals surface area contributed by atoms with Crippen LogP contribution in [0.15, 0.2) is 24.3 Å². The van der Waals surface area contributed by atoms with Crippen molar-refractivity contribution < 1.29 is 14.3 Å². The average Bonchev–Trinajstić information content (AvgIpc) is 2.92. The van der Waals surface area contributed by atoms with Gasteiger partial charge in [0.05, 0.1) is 12.7 Å². The van der Waals surface area contributed by atoms with E-state index < -0.39 is 5.97 Å². The minimum absolute atomic E-state index is 0.0447. The van der Waals surface area contributed by atoms with Crippen molar-refractivity contribution in [3.8, 4) is 5.75 Å². The molecule has 0 N–H and O–H groups in total. The molecule has 0 saturated carbocycles. The van der Waals surface area contributed by atoms with Crippen molar-refractivity contribution in [3.63, 3.8) is 0 Å². The summed E-state index contributed by atoms with van der Waals surface area (Å²) in [5.41, 5.74) is 0.430. The maximum Gasteiger partial charge on any atom is 0.338 e. The first-order chi connectivity index (χ1) is 9.74. The number of aryl methyl sites for hydroxylation is 1. The Morgan fingerprint density at radius 3 is 3.00 bits per heavy atom. The normalized spacial score (nSPS) is 10.3. The molecule has 2 rings (SSSR count). The molecule has 106 valence electrons.